The highest BCUT2D eigenvalue weighted by Gasteiger charge is 2.36. The highest BCUT2D eigenvalue weighted by molar-refractivity contribution is 7.92. The number of allylic oxidation sites excluding steroid dienone is 1. The minimum absolute atomic E-state index is 0.0127. The first-order chi connectivity index (χ1) is 8.21. The number of pyridine rings is 1. The van der Waals surface area contributed by atoms with Crippen LogP contribution < -0.4 is 0 Å². The second-order valence-corrected chi connectivity index (χ2v) is 7.26. The predicted octanol–water partition coefficient (Wildman–Crippen LogP) is 2.38. The summed E-state index contributed by atoms with van der Waals surface area (Å²) >= 11 is 6.12. The van der Waals surface area contributed by atoms with Crippen molar-refractivity contribution in [1.29, 1.82) is 5.26 Å². The molecule has 6 heteroatoms. The van der Waals surface area contributed by atoms with Gasteiger partial charge in [0, 0.05) is 18.6 Å². The van der Waals surface area contributed by atoms with Gasteiger partial charge in [0.25, 0.3) is 0 Å². The van der Waals surface area contributed by atoms with E-state index in [-0.39, 0.29) is 10.6 Å². The summed E-state index contributed by atoms with van der Waals surface area (Å²) in [5.74, 6) is 0. The molecule has 4 nitrogen and oxygen atoms in total. The van der Waals surface area contributed by atoms with Gasteiger partial charge in [-0.25, -0.2) is 8.42 Å². The molecule has 0 bridgehead atoms. The van der Waals surface area contributed by atoms with Crippen molar-refractivity contribution in [1.82, 2.24) is 4.98 Å². The van der Waals surface area contributed by atoms with Crippen LogP contribution in [0.4, 0.5) is 0 Å². The van der Waals surface area contributed by atoms with E-state index < -0.39 is 14.6 Å². The molecule has 0 aliphatic heterocycles. The van der Waals surface area contributed by atoms with Crippen LogP contribution in [0.25, 0.3) is 5.57 Å². The zero-order valence-electron chi connectivity index (χ0n) is 10.3. The van der Waals surface area contributed by atoms with Crippen LogP contribution in [0, 0.1) is 11.3 Å². The highest BCUT2D eigenvalue weighted by atomic mass is 35.5. The van der Waals surface area contributed by atoms with Crippen LogP contribution in [0.15, 0.2) is 29.6 Å². The summed E-state index contributed by atoms with van der Waals surface area (Å²) < 4.78 is 22.1. The quantitative estimate of drug-likeness (QED) is 0.799. The van der Waals surface area contributed by atoms with Crippen LogP contribution in [-0.2, 0) is 9.84 Å². The Hall–Kier alpha value is -1.38. The number of hydrogen-bond acceptors (Lipinski definition) is 4. The minimum Gasteiger partial charge on any atom is -0.265 e. The summed E-state index contributed by atoms with van der Waals surface area (Å²) in [7, 11) is -3.42. The molecule has 1 aromatic rings. The lowest BCUT2D eigenvalue weighted by Crippen LogP contribution is -2.31. The topological polar surface area (TPSA) is 70.8 Å². The maximum absolute atomic E-state index is 11.7. The van der Waals surface area contributed by atoms with Gasteiger partial charge in [-0.15, -0.1) is 0 Å². The molecule has 0 unspecified atom stereocenters. The average Bonchev–Trinajstić information content (AvgIpc) is 2.29. The van der Waals surface area contributed by atoms with Gasteiger partial charge in [0.1, 0.15) is 10.8 Å². The molecule has 0 amide bonds. The fourth-order valence-electron chi connectivity index (χ4n) is 1.22. The zero-order valence-corrected chi connectivity index (χ0v) is 11.9. The molecule has 0 spiro atoms. The lowest BCUT2D eigenvalue weighted by atomic mass is 10.0. The maximum Gasteiger partial charge on any atom is 0.157 e. The molecule has 1 aromatic heterocycles. The Morgan fingerprint density at radius 2 is 1.89 bits per heavy atom. The van der Waals surface area contributed by atoms with E-state index >= 15 is 0 Å². The molecule has 0 aliphatic carbocycles. The van der Waals surface area contributed by atoms with Crippen molar-refractivity contribution in [3.05, 3.63) is 35.1 Å². The Morgan fingerprint density at radius 3 is 2.28 bits per heavy atom. The number of aromatic nitrogens is 1. The Bertz CT molecular complexity index is 613. The van der Waals surface area contributed by atoms with E-state index in [1.54, 1.807) is 12.1 Å². The monoisotopic (exact) mass is 284 g/mol. The van der Waals surface area contributed by atoms with Crippen molar-refractivity contribution in [2.24, 2.45) is 0 Å². The summed E-state index contributed by atoms with van der Waals surface area (Å²) in [5, 5.41) is 9.18. The van der Waals surface area contributed by atoms with E-state index in [2.05, 4.69) is 4.98 Å². The third kappa shape index (κ3) is 2.71. The second-order valence-electron chi connectivity index (χ2n) is 4.32. The first-order valence-corrected chi connectivity index (χ1v) is 7.39. The van der Waals surface area contributed by atoms with Gasteiger partial charge < -0.3 is 0 Å². The molecule has 0 radical (unpaired) electrons. The molecule has 96 valence electrons. The van der Waals surface area contributed by atoms with Crippen LogP contribution in [0.1, 0.15) is 19.4 Å². The Balaban J connectivity index is 3.49. The summed E-state index contributed by atoms with van der Waals surface area (Å²) in [6.07, 6.45) is 4.13. The number of hydrogen-bond donors (Lipinski definition) is 0. The van der Waals surface area contributed by atoms with Gasteiger partial charge in [-0.2, -0.15) is 5.26 Å². The van der Waals surface area contributed by atoms with E-state index in [0.29, 0.717) is 5.56 Å². The van der Waals surface area contributed by atoms with Crippen LogP contribution in [-0.4, -0.2) is 24.4 Å². The SMILES string of the molecule is CC(C)(/C(Cl)=C(/C#N)c1ccncc1)S(C)(=O)=O. The van der Waals surface area contributed by atoms with E-state index in [4.69, 9.17) is 11.6 Å². The number of rotatable bonds is 3. The molecule has 0 saturated carbocycles. The summed E-state index contributed by atoms with van der Waals surface area (Å²) in [6, 6.07) is 5.17. The van der Waals surface area contributed by atoms with Crippen molar-refractivity contribution in [3.8, 4) is 6.07 Å². The van der Waals surface area contributed by atoms with Crippen LogP contribution in [0.3, 0.4) is 0 Å². The first kappa shape index (κ1) is 14.7. The second kappa shape index (κ2) is 5.09. The van der Waals surface area contributed by atoms with Crippen LogP contribution in [0.5, 0.6) is 0 Å². The minimum atomic E-state index is -3.42. The molecular weight excluding hydrogens is 272 g/mol. The summed E-state index contributed by atoms with van der Waals surface area (Å²) in [5.41, 5.74) is 0.698. The van der Waals surface area contributed by atoms with Crippen molar-refractivity contribution in [3.63, 3.8) is 0 Å². The molecule has 1 heterocycles. The zero-order chi connectivity index (χ0) is 14.0. The standard InChI is InChI=1S/C12H13ClN2O2S/c1-12(2,18(3,16)17)11(13)10(8-14)9-4-6-15-7-5-9/h4-7H,1-3H3/b11-10+. The van der Waals surface area contributed by atoms with Gasteiger partial charge in [-0.05, 0) is 31.5 Å². The molecular formula is C12H13ClN2O2S. The lowest BCUT2D eigenvalue weighted by molar-refractivity contribution is 0.577. The highest BCUT2D eigenvalue weighted by Crippen LogP contribution is 2.34. The van der Waals surface area contributed by atoms with Crippen molar-refractivity contribution in [2.45, 2.75) is 18.6 Å². The van der Waals surface area contributed by atoms with Gasteiger partial charge in [0.05, 0.1) is 10.6 Å². The number of halogens is 1. The molecule has 0 N–H and O–H groups in total. The molecule has 0 fully saturated rings. The number of nitriles is 1. The Labute approximate surface area is 112 Å². The third-order valence-corrected chi connectivity index (χ3v) is 5.59. The largest absolute Gasteiger partial charge is 0.265 e. The average molecular weight is 285 g/mol. The summed E-state index contributed by atoms with van der Waals surface area (Å²) in [4.78, 5) is 3.84. The summed E-state index contributed by atoms with van der Waals surface area (Å²) in [6.45, 7) is 2.95. The molecule has 0 aliphatic rings. The molecule has 18 heavy (non-hydrogen) atoms. The maximum atomic E-state index is 11.7. The van der Waals surface area contributed by atoms with E-state index in [1.807, 2.05) is 6.07 Å². The molecule has 1 rings (SSSR count). The van der Waals surface area contributed by atoms with E-state index in [1.165, 1.54) is 26.2 Å². The smallest absolute Gasteiger partial charge is 0.157 e. The van der Waals surface area contributed by atoms with Crippen molar-refractivity contribution in [2.75, 3.05) is 6.26 Å². The third-order valence-electron chi connectivity index (χ3n) is 2.76. The van der Waals surface area contributed by atoms with Crippen molar-refractivity contribution < 1.29 is 8.42 Å². The van der Waals surface area contributed by atoms with Gasteiger partial charge in [0.2, 0.25) is 0 Å². The molecule has 0 saturated heterocycles. The number of sulfone groups is 1. The fraction of sp³-hybridized carbons (Fsp3) is 0.333. The van der Waals surface area contributed by atoms with Crippen LogP contribution in [0.2, 0.25) is 0 Å². The van der Waals surface area contributed by atoms with Crippen molar-refractivity contribution >= 4 is 27.0 Å². The first-order valence-electron chi connectivity index (χ1n) is 5.12. The lowest BCUT2D eigenvalue weighted by Gasteiger charge is -2.23. The molecule has 0 aromatic carbocycles. The van der Waals surface area contributed by atoms with Gasteiger partial charge in [0.15, 0.2) is 9.84 Å². The van der Waals surface area contributed by atoms with Gasteiger partial charge in [-0.1, -0.05) is 11.6 Å². The Kier molecular flexibility index (Phi) is 4.15. The Morgan fingerprint density at radius 1 is 1.39 bits per heavy atom. The number of nitrogens with zero attached hydrogens (tertiary/aromatic N) is 2. The fourth-order valence-corrected chi connectivity index (χ4v) is 2.22. The van der Waals surface area contributed by atoms with Crippen LogP contribution >= 0.6 is 11.6 Å². The van der Waals surface area contributed by atoms with Gasteiger partial charge >= 0.3 is 0 Å². The predicted molar refractivity (Wildman–Crippen MR) is 71.5 cm³/mol. The van der Waals surface area contributed by atoms with E-state index in [9.17, 15) is 13.7 Å². The molecule has 0 atom stereocenters. The normalized spacial score (nSPS) is 13.7. The van der Waals surface area contributed by atoms with Gasteiger partial charge in [-0.3, -0.25) is 4.98 Å². The van der Waals surface area contributed by atoms with E-state index in [0.717, 1.165) is 6.26 Å².